The van der Waals surface area contributed by atoms with Gasteiger partial charge in [0.1, 0.15) is 5.75 Å². The van der Waals surface area contributed by atoms with Crippen LogP contribution in [0.4, 0.5) is 4.39 Å². The van der Waals surface area contributed by atoms with Crippen LogP contribution in [0.15, 0.2) is 42.6 Å². The first-order chi connectivity index (χ1) is 8.70. The number of aliphatic hydroxyl groups excluding tert-OH is 1. The zero-order valence-corrected chi connectivity index (χ0v) is 10.0. The Morgan fingerprint density at radius 1 is 1.28 bits per heavy atom. The Kier molecular flexibility index (Phi) is 3.89. The normalized spacial score (nSPS) is 12.2. The molecule has 3 nitrogen and oxygen atoms in total. The summed E-state index contributed by atoms with van der Waals surface area (Å²) in [6.45, 7) is 1.87. The van der Waals surface area contributed by atoms with Crippen molar-refractivity contribution in [2.45, 2.75) is 19.4 Å². The Morgan fingerprint density at radius 3 is 2.67 bits per heavy atom. The van der Waals surface area contributed by atoms with E-state index < -0.39 is 11.9 Å². The molecule has 0 radical (unpaired) electrons. The molecule has 18 heavy (non-hydrogen) atoms. The lowest BCUT2D eigenvalue weighted by atomic mass is 10.2. The van der Waals surface area contributed by atoms with Gasteiger partial charge in [0, 0.05) is 0 Å². The summed E-state index contributed by atoms with van der Waals surface area (Å²) in [6.07, 6.45) is 1.49. The lowest BCUT2D eigenvalue weighted by molar-refractivity contribution is 0.169. The number of aromatic nitrogens is 1. The van der Waals surface area contributed by atoms with Crippen molar-refractivity contribution in [1.82, 2.24) is 4.98 Å². The Hall–Kier alpha value is -1.94. The molecule has 0 saturated carbocycles. The minimum Gasteiger partial charge on any atom is -0.453 e. The van der Waals surface area contributed by atoms with Crippen molar-refractivity contribution in [1.29, 1.82) is 0 Å². The number of benzene rings is 1. The fourth-order valence-corrected chi connectivity index (χ4v) is 1.51. The first kappa shape index (κ1) is 12.5. The first-order valence-electron chi connectivity index (χ1n) is 5.77. The highest BCUT2D eigenvalue weighted by Crippen LogP contribution is 2.24. The van der Waals surface area contributed by atoms with Crippen LogP contribution in [0.1, 0.15) is 25.1 Å². The molecule has 0 bridgehead atoms. The maximum Gasteiger partial charge on any atom is 0.165 e. The van der Waals surface area contributed by atoms with Crippen molar-refractivity contribution in [2.75, 3.05) is 0 Å². The topological polar surface area (TPSA) is 42.4 Å². The molecule has 1 N–H and O–H groups in total. The van der Waals surface area contributed by atoms with Gasteiger partial charge in [-0.05, 0) is 30.7 Å². The molecule has 0 aliphatic rings. The van der Waals surface area contributed by atoms with Crippen LogP contribution >= 0.6 is 0 Å². The number of hydrogen-bond donors (Lipinski definition) is 1. The van der Waals surface area contributed by atoms with Crippen LogP contribution in [0, 0.1) is 5.82 Å². The second-order valence-corrected chi connectivity index (χ2v) is 3.88. The van der Waals surface area contributed by atoms with Crippen molar-refractivity contribution in [2.24, 2.45) is 0 Å². The molecule has 1 heterocycles. The molecular formula is C14H14FNO2. The molecule has 1 atom stereocenters. The van der Waals surface area contributed by atoms with E-state index >= 15 is 0 Å². The quantitative estimate of drug-likeness (QED) is 0.899. The minimum absolute atomic E-state index is 0.156. The van der Waals surface area contributed by atoms with Gasteiger partial charge in [-0.15, -0.1) is 0 Å². The van der Waals surface area contributed by atoms with Gasteiger partial charge in [-0.2, -0.15) is 0 Å². The highest BCUT2D eigenvalue weighted by Gasteiger charge is 2.07. The summed E-state index contributed by atoms with van der Waals surface area (Å²) in [7, 11) is 0. The average Bonchev–Trinajstić information content (AvgIpc) is 2.41. The molecule has 2 aromatic rings. The van der Waals surface area contributed by atoms with E-state index in [1.807, 2.05) is 6.92 Å². The molecule has 0 aliphatic heterocycles. The molecule has 1 aromatic carbocycles. The van der Waals surface area contributed by atoms with Gasteiger partial charge in [0.25, 0.3) is 0 Å². The zero-order chi connectivity index (χ0) is 13.0. The third-order valence-corrected chi connectivity index (χ3v) is 2.55. The molecular weight excluding hydrogens is 233 g/mol. The summed E-state index contributed by atoms with van der Waals surface area (Å²) in [6, 6.07) is 9.50. The van der Waals surface area contributed by atoms with Gasteiger partial charge >= 0.3 is 0 Å². The number of hydrogen-bond acceptors (Lipinski definition) is 3. The molecule has 1 aromatic heterocycles. The standard InChI is InChI=1S/C14H14FNO2/c1-2-13(17)12-8-7-10(9-16-12)18-14-6-4-3-5-11(14)15/h3-9,13,17H,2H2,1H3/t13-/m0/s1. The predicted molar refractivity (Wildman–Crippen MR) is 66.0 cm³/mol. The van der Waals surface area contributed by atoms with Crippen molar-refractivity contribution in [3.8, 4) is 11.5 Å². The second kappa shape index (κ2) is 5.60. The summed E-state index contributed by atoms with van der Waals surface area (Å²) < 4.78 is 18.7. The maximum absolute atomic E-state index is 13.4. The van der Waals surface area contributed by atoms with Gasteiger partial charge in [0.2, 0.25) is 0 Å². The molecule has 2 rings (SSSR count). The summed E-state index contributed by atoms with van der Waals surface area (Å²) >= 11 is 0. The Bertz CT molecular complexity index is 513. The van der Waals surface area contributed by atoms with Gasteiger partial charge in [0.05, 0.1) is 18.0 Å². The number of ether oxygens (including phenoxy) is 1. The second-order valence-electron chi connectivity index (χ2n) is 3.88. The van der Waals surface area contributed by atoms with E-state index in [1.54, 1.807) is 30.3 Å². The third kappa shape index (κ3) is 2.84. The predicted octanol–water partition coefficient (Wildman–Crippen LogP) is 3.46. The summed E-state index contributed by atoms with van der Waals surface area (Å²) in [5.41, 5.74) is 0.582. The van der Waals surface area contributed by atoms with Crippen LogP contribution in [-0.2, 0) is 0 Å². The van der Waals surface area contributed by atoms with Crippen molar-refractivity contribution in [3.63, 3.8) is 0 Å². The summed E-state index contributed by atoms with van der Waals surface area (Å²) in [4.78, 5) is 4.08. The number of para-hydroxylation sites is 1. The van der Waals surface area contributed by atoms with E-state index in [1.165, 1.54) is 12.3 Å². The van der Waals surface area contributed by atoms with Crippen molar-refractivity contribution >= 4 is 0 Å². The molecule has 94 valence electrons. The van der Waals surface area contributed by atoms with Gasteiger partial charge in [-0.1, -0.05) is 19.1 Å². The molecule has 0 fully saturated rings. The van der Waals surface area contributed by atoms with Gasteiger partial charge in [-0.3, -0.25) is 4.98 Å². The molecule has 0 unspecified atom stereocenters. The lowest BCUT2D eigenvalue weighted by Crippen LogP contribution is -1.98. The molecule has 0 aliphatic carbocycles. The first-order valence-corrected chi connectivity index (χ1v) is 5.77. The van der Waals surface area contributed by atoms with Crippen LogP contribution < -0.4 is 4.74 Å². The smallest absolute Gasteiger partial charge is 0.165 e. The van der Waals surface area contributed by atoms with E-state index in [2.05, 4.69) is 4.98 Å². The van der Waals surface area contributed by atoms with E-state index in [-0.39, 0.29) is 5.75 Å². The fraction of sp³-hybridized carbons (Fsp3) is 0.214. The fourth-order valence-electron chi connectivity index (χ4n) is 1.51. The average molecular weight is 247 g/mol. The number of halogens is 1. The molecule has 0 amide bonds. The third-order valence-electron chi connectivity index (χ3n) is 2.55. The largest absolute Gasteiger partial charge is 0.453 e. The molecule has 4 heteroatoms. The van der Waals surface area contributed by atoms with Gasteiger partial charge in [-0.25, -0.2) is 4.39 Å². The number of rotatable bonds is 4. The highest BCUT2D eigenvalue weighted by molar-refractivity contribution is 5.31. The minimum atomic E-state index is -0.576. The monoisotopic (exact) mass is 247 g/mol. The van der Waals surface area contributed by atoms with Crippen molar-refractivity contribution < 1.29 is 14.2 Å². The molecule has 0 saturated heterocycles. The number of nitrogens with zero attached hydrogens (tertiary/aromatic N) is 1. The highest BCUT2D eigenvalue weighted by atomic mass is 19.1. The Labute approximate surface area is 105 Å². The van der Waals surface area contributed by atoms with E-state index in [9.17, 15) is 9.50 Å². The Morgan fingerprint density at radius 2 is 2.06 bits per heavy atom. The molecule has 0 spiro atoms. The summed E-state index contributed by atoms with van der Waals surface area (Å²) in [5.74, 6) is 0.172. The van der Waals surface area contributed by atoms with Gasteiger partial charge < -0.3 is 9.84 Å². The summed E-state index contributed by atoms with van der Waals surface area (Å²) in [5, 5.41) is 9.59. The van der Waals surface area contributed by atoms with Crippen LogP contribution in [0.2, 0.25) is 0 Å². The van der Waals surface area contributed by atoms with Gasteiger partial charge in [0.15, 0.2) is 11.6 Å². The van der Waals surface area contributed by atoms with Crippen LogP contribution in [0.25, 0.3) is 0 Å². The lowest BCUT2D eigenvalue weighted by Gasteiger charge is -2.09. The van der Waals surface area contributed by atoms with E-state index in [0.717, 1.165) is 0 Å². The SMILES string of the molecule is CC[C@H](O)c1ccc(Oc2ccccc2F)cn1. The van der Waals surface area contributed by atoms with Crippen LogP contribution in [-0.4, -0.2) is 10.1 Å². The number of aliphatic hydroxyl groups is 1. The zero-order valence-electron chi connectivity index (χ0n) is 10.0. The number of pyridine rings is 1. The van der Waals surface area contributed by atoms with E-state index in [0.29, 0.717) is 17.9 Å². The maximum atomic E-state index is 13.4. The Balaban J connectivity index is 2.14. The van der Waals surface area contributed by atoms with Crippen LogP contribution in [0.3, 0.4) is 0 Å². The van der Waals surface area contributed by atoms with Crippen molar-refractivity contribution in [3.05, 3.63) is 54.1 Å². The van der Waals surface area contributed by atoms with Crippen LogP contribution in [0.5, 0.6) is 11.5 Å². The van der Waals surface area contributed by atoms with E-state index in [4.69, 9.17) is 4.74 Å².